The molecule has 1 aromatic heterocycles. The quantitative estimate of drug-likeness (QED) is 0.340. The molecule has 8 heteroatoms. The van der Waals surface area contributed by atoms with Gasteiger partial charge in [-0.15, -0.1) is 0 Å². The average molecular weight is 490 g/mol. The molecule has 0 bridgehead atoms. The third-order valence-corrected chi connectivity index (χ3v) is 5.64. The minimum atomic E-state index is -4.45. The maximum atomic E-state index is 12.8. The summed E-state index contributed by atoms with van der Waals surface area (Å²) < 4.78 is 38.5. The maximum absolute atomic E-state index is 12.8. The molecular formula is C28H21F3N2O3. The number of aliphatic carboxylic acids is 1. The Labute approximate surface area is 205 Å². The number of carboxylic acids is 1. The molecule has 0 fully saturated rings. The summed E-state index contributed by atoms with van der Waals surface area (Å²) >= 11 is 0. The predicted molar refractivity (Wildman–Crippen MR) is 129 cm³/mol. The second-order valence-electron chi connectivity index (χ2n) is 8.14. The van der Waals surface area contributed by atoms with Crippen LogP contribution in [0.4, 0.5) is 13.2 Å². The highest BCUT2D eigenvalue weighted by Crippen LogP contribution is 2.31. The SMILES string of the molecule is O=C(NC(Cc1ccc(-c2ccccc2)cc1)C(=O)O)c1cc(-c2ccc(C(F)(F)F)cc2)ccn1. The van der Waals surface area contributed by atoms with E-state index in [1.54, 1.807) is 6.07 Å². The topological polar surface area (TPSA) is 79.3 Å². The molecule has 1 atom stereocenters. The molecule has 4 rings (SSSR count). The number of nitrogens with one attached hydrogen (secondary N) is 1. The van der Waals surface area contributed by atoms with Crippen LogP contribution in [0, 0.1) is 0 Å². The molecule has 1 amide bonds. The molecule has 1 unspecified atom stereocenters. The van der Waals surface area contributed by atoms with Gasteiger partial charge in [0.1, 0.15) is 11.7 Å². The number of carbonyl (C=O) groups excluding carboxylic acids is 1. The van der Waals surface area contributed by atoms with Gasteiger partial charge in [-0.1, -0.05) is 66.7 Å². The number of alkyl halides is 3. The molecule has 36 heavy (non-hydrogen) atoms. The van der Waals surface area contributed by atoms with E-state index in [2.05, 4.69) is 10.3 Å². The van der Waals surface area contributed by atoms with Crippen molar-refractivity contribution in [2.24, 2.45) is 0 Å². The summed E-state index contributed by atoms with van der Waals surface area (Å²) in [6.45, 7) is 0. The fourth-order valence-electron chi connectivity index (χ4n) is 3.72. The van der Waals surface area contributed by atoms with Crippen molar-refractivity contribution in [1.29, 1.82) is 0 Å². The second kappa shape index (κ2) is 10.4. The molecule has 0 aliphatic rings. The van der Waals surface area contributed by atoms with Gasteiger partial charge in [-0.25, -0.2) is 4.79 Å². The third-order valence-electron chi connectivity index (χ3n) is 5.64. The summed E-state index contributed by atoms with van der Waals surface area (Å²) in [6.07, 6.45) is -3.04. The minimum Gasteiger partial charge on any atom is -0.480 e. The van der Waals surface area contributed by atoms with E-state index in [1.807, 2.05) is 54.6 Å². The van der Waals surface area contributed by atoms with Crippen molar-refractivity contribution in [3.8, 4) is 22.3 Å². The average Bonchev–Trinajstić information content (AvgIpc) is 2.89. The number of rotatable bonds is 7. The number of carbonyl (C=O) groups is 2. The van der Waals surface area contributed by atoms with Crippen LogP contribution in [0.1, 0.15) is 21.6 Å². The van der Waals surface area contributed by atoms with Crippen LogP contribution in [0.3, 0.4) is 0 Å². The van der Waals surface area contributed by atoms with Crippen LogP contribution in [-0.2, 0) is 17.4 Å². The Morgan fingerprint density at radius 2 is 1.39 bits per heavy atom. The summed E-state index contributed by atoms with van der Waals surface area (Å²) in [6, 6.07) is 23.4. The number of hydrogen-bond acceptors (Lipinski definition) is 3. The first-order valence-electron chi connectivity index (χ1n) is 11.0. The summed E-state index contributed by atoms with van der Waals surface area (Å²) in [5.41, 5.74) is 2.87. The molecule has 0 saturated heterocycles. The Kier molecular flexibility index (Phi) is 7.15. The Morgan fingerprint density at radius 1 is 0.806 bits per heavy atom. The zero-order valence-corrected chi connectivity index (χ0v) is 18.9. The monoisotopic (exact) mass is 490 g/mol. The lowest BCUT2D eigenvalue weighted by atomic mass is 10.0. The summed E-state index contributed by atoms with van der Waals surface area (Å²) in [7, 11) is 0. The lowest BCUT2D eigenvalue weighted by Crippen LogP contribution is -2.42. The molecule has 2 N–H and O–H groups in total. The molecule has 5 nitrogen and oxygen atoms in total. The van der Waals surface area contributed by atoms with Crippen LogP contribution in [0.2, 0.25) is 0 Å². The first-order valence-corrected chi connectivity index (χ1v) is 11.0. The number of carboxylic acid groups (broad SMARTS) is 1. The largest absolute Gasteiger partial charge is 0.480 e. The highest BCUT2D eigenvalue weighted by Gasteiger charge is 2.30. The molecule has 0 radical (unpaired) electrons. The number of benzene rings is 3. The Hall–Kier alpha value is -4.46. The zero-order chi connectivity index (χ0) is 25.7. The van der Waals surface area contributed by atoms with E-state index in [1.165, 1.54) is 24.4 Å². The van der Waals surface area contributed by atoms with Crippen molar-refractivity contribution >= 4 is 11.9 Å². The lowest BCUT2D eigenvalue weighted by molar-refractivity contribution is -0.139. The first kappa shape index (κ1) is 24.7. The van der Waals surface area contributed by atoms with E-state index in [-0.39, 0.29) is 12.1 Å². The van der Waals surface area contributed by atoms with E-state index in [0.29, 0.717) is 11.1 Å². The molecule has 3 aromatic carbocycles. The van der Waals surface area contributed by atoms with Crippen molar-refractivity contribution in [2.75, 3.05) is 0 Å². The molecular weight excluding hydrogens is 469 g/mol. The number of halogens is 3. The molecule has 4 aromatic rings. The minimum absolute atomic E-state index is 0.0435. The van der Waals surface area contributed by atoms with E-state index in [0.717, 1.165) is 28.8 Å². The van der Waals surface area contributed by atoms with Crippen LogP contribution in [0.5, 0.6) is 0 Å². The first-order chi connectivity index (χ1) is 17.2. The van der Waals surface area contributed by atoms with Crippen molar-refractivity contribution in [1.82, 2.24) is 10.3 Å². The van der Waals surface area contributed by atoms with E-state index >= 15 is 0 Å². The number of hydrogen-bond donors (Lipinski definition) is 2. The van der Waals surface area contributed by atoms with Gasteiger partial charge in [0.05, 0.1) is 5.56 Å². The standard InChI is InChI=1S/C28H21F3N2O3/c29-28(30,31)23-12-10-21(11-13-23)22-14-15-32-24(17-22)26(34)33-25(27(35)36)16-18-6-8-20(9-7-18)19-4-2-1-3-5-19/h1-15,17,25H,16H2,(H,33,34)(H,35,36). The lowest BCUT2D eigenvalue weighted by Gasteiger charge is -2.15. The van der Waals surface area contributed by atoms with Crippen LogP contribution < -0.4 is 5.32 Å². The normalized spacial score (nSPS) is 12.1. The predicted octanol–water partition coefficient (Wildman–Crippen LogP) is 5.86. The van der Waals surface area contributed by atoms with Gasteiger partial charge >= 0.3 is 12.1 Å². The zero-order valence-electron chi connectivity index (χ0n) is 18.9. The fourth-order valence-corrected chi connectivity index (χ4v) is 3.72. The third kappa shape index (κ3) is 5.96. The molecule has 0 aliphatic heterocycles. The summed E-state index contributed by atoms with van der Waals surface area (Å²) in [5, 5.41) is 12.1. The van der Waals surface area contributed by atoms with Crippen LogP contribution >= 0.6 is 0 Å². The van der Waals surface area contributed by atoms with Crippen molar-refractivity contribution < 1.29 is 27.9 Å². The Balaban J connectivity index is 1.46. The highest BCUT2D eigenvalue weighted by molar-refractivity contribution is 5.96. The molecule has 0 spiro atoms. The van der Waals surface area contributed by atoms with Gasteiger partial charge in [-0.3, -0.25) is 9.78 Å². The van der Waals surface area contributed by atoms with Crippen LogP contribution in [-0.4, -0.2) is 28.0 Å². The number of pyridine rings is 1. The van der Waals surface area contributed by atoms with E-state index in [4.69, 9.17) is 0 Å². The fraction of sp³-hybridized carbons (Fsp3) is 0.107. The second-order valence-corrected chi connectivity index (χ2v) is 8.14. The number of nitrogens with zero attached hydrogens (tertiary/aromatic N) is 1. The smallest absolute Gasteiger partial charge is 0.416 e. The summed E-state index contributed by atoms with van der Waals surface area (Å²) in [4.78, 5) is 28.6. The van der Waals surface area contributed by atoms with E-state index in [9.17, 15) is 27.9 Å². The van der Waals surface area contributed by atoms with Gasteiger partial charge in [0.15, 0.2) is 0 Å². The highest BCUT2D eigenvalue weighted by atomic mass is 19.4. The Bertz CT molecular complexity index is 1350. The van der Waals surface area contributed by atoms with Gasteiger partial charge < -0.3 is 10.4 Å². The molecule has 0 saturated carbocycles. The van der Waals surface area contributed by atoms with Gasteiger partial charge in [0, 0.05) is 12.6 Å². The van der Waals surface area contributed by atoms with Crippen molar-refractivity contribution in [2.45, 2.75) is 18.6 Å². The van der Waals surface area contributed by atoms with Gasteiger partial charge in [-0.05, 0) is 52.1 Å². The van der Waals surface area contributed by atoms with Crippen LogP contribution in [0.25, 0.3) is 22.3 Å². The van der Waals surface area contributed by atoms with Gasteiger partial charge in [-0.2, -0.15) is 13.2 Å². The molecule has 1 heterocycles. The van der Waals surface area contributed by atoms with Crippen molar-refractivity contribution in [3.05, 3.63) is 114 Å². The van der Waals surface area contributed by atoms with Gasteiger partial charge in [0.25, 0.3) is 5.91 Å². The maximum Gasteiger partial charge on any atom is 0.416 e. The molecule has 182 valence electrons. The summed E-state index contributed by atoms with van der Waals surface area (Å²) in [5.74, 6) is -1.90. The van der Waals surface area contributed by atoms with E-state index < -0.39 is 29.7 Å². The van der Waals surface area contributed by atoms with Crippen molar-refractivity contribution in [3.63, 3.8) is 0 Å². The number of aromatic nitrogens is 1. The van der Waals surface area contributed by atoms with Crippen LogP contribution in [0.15, 0.2) is 97.2 Å². The van der Waals surface area contributed by atoms with Gasteiger partial charge in [0.2, 0.25) is 0 Å². The molecule has 0 aliphatic carbocycles. The Morgan fingerprint density at radius 3 is 2.00 bits per heavy atom. The number of amides is 1.